The SMILES string of the molecule is Cc1ccc(C(=O)Cc2ccc(Oc3ccc(CC(O)C(=O)N4CCN(Cc5ccc6c(c5)OCO6)CC4)cc3)nc2)cc1. The Kier molecular flexibility index (Phi) is 8.86. The van der Waals surface area contributed by atoms with Gasteiger partial charge >= 0.3 is 0 Å². The number of fused-ring (bicyclic) bond motifs is 1. The van der Waals surface area contributed by atoms with Crippen LogP contribution in [0.15, 0.2) is 85.1 Å². The number of ether oxygens (including phenoxy) is 3. The lowest BCUT2D eigenvalue weighted by Crippen LogP contribution is -2.51. The van der Waals surface area contributed by atoms with Gasteiger partial charge in [-0.1, -0.05) is 54.1 Å². The first kappa shape index (κ1) is 29.3. The molecular weight excluding hydrogens is 558 g/mol. The van der Waals surface area contributed by atoms with Crippen molar-refractivity contribution in [2.45, 2.75) is 32.4 Å². The van der Waals surface area contributed by atoms with Crippen LogP contribution in [0.1, 0.15) is 32.6 Å². The summed E-state index contributed by atoms with van der Waals surface area (Å²) in [6, 6.07) is 24.3. The van der Waals surface area contributed by atoms with Gasteiger partial charge in [-0.3, -0.25) is 14.5 Å². The summed E-state index contributed by atoms with van der Waals surface area (Å²) in [5, 5.41) is 10.7. The van der Waals surface area contributed by atoms with E-state index in [-0.39, 0.29) is 31.3 Å². The highest BCUT2D eigenvalue weighted by Gasteiger charge is 2.26. The fourth-order valence-corrected chi connectivity index (χ4v) is 5.36. The van der Waals surface area contributed by atoms with Crippen molar-refractivity contribution in [1.82, 2.24) is 14.8 Å². The van der Waals surface area contributed by atoms with Crippen LogP contribution in [0, 0.1) is 6.92 Å². The first-order valence-corrected chi connectivity index (χ1v) is 14.8. The number of carbonyl (C=O) groups is 2. The highest BCUT2D eigenvalue weighted by atomic mass is 16.7. The standard InChI is InChI=1S/C35H35N3O6/c1-24-2-8-28(9-3-24)30(39)19-26-7-13-34(36-21-26)44-29-10-4-25(5-11-29)18-31(40)35(41)38-16-14-37(15-17-38)22-27-6-12-32-33(20-27)43-23-42-32/h2-13,20-21,31,40H,14-19,22-23H2,1H3. The Morgan fingerprint density at radius 1 is 0.864 bits per heavy atom. The second-order valence-corrected chi connectivity index (χ2v) is 11.2. The van der Waals surface area contributed by atoms with Crippen molar-refractivity contribution in [3.8, 4) is 23.1 Å². The lowest BCUT2D eigenvalue weighted by molar-refractivity contribution is -0.142. The van der Waals surface area contributed by atoms with Crippen LogP contribution in [0.4, 0.5) is 0 Å². The lowest BCUT2D eigenvalue weighted by atomic mass is 10.0. The van der Waals surface area contributed by atoms with Crippen molar-refractivity contribution in [2.24, 2.45) is 0 Å². The van der Waals surface area contributed by atoms with Crippen LogP contribution < -0.4 is 14.2 Å². The van der Waals surface area contributed by atoms with E-state index in [2.05, 4.69) is 9.88 Å². The number of nitrogens with zero attached hydrogens (tertiary/aromatic N) is 3. The van der Waals surface area contributed by atoms with E-state index in [1.807, 2.05) is 67.6 Å². The third-order valence-corrected chi connectivity index (χ3v) is 7.92. The molecule has 0 spiro atoms. The topological polar surface area (TPSA) is 101 Å². The molecule has 1 saturated heterocycles. The number of amides is 1. The minimum Gasteiger partial charge on any atom is -0.454 e. The van der Waals surface area contributed by atoms with Crippen molar-refractivity contribution in [3.05, 3.63) is 113 Å². The van der Waals surface area contributed by atoms with E-state index in [0.717, 1.165) is 53.4 Å². The largest absolute Gasteiger partial charge is 0.454 e. The summed E-state index contributed by atoms with van der Waals surface area (Å²) in [6.45, 7) is 5.62. The van der Waals surface area contributed by atoms with Gasteiger partial charge in [-0.05, 0) is 47.9 Å². The number of hydrogen-bond acceptors (Lipinski definition) is 8. The monoisotopic (exact) mass is 593 g/mol. The molecule has 0 radical (unpaired) electrons. The van der Waals surface area contributed by atoms with Gasteiger partial charge in [0.25, 0.3) is 5.91 Å². The molecule has 6 rings (SSSR count). The molecule has 0 bridgehead atoms. The van der Waals surface area contributed by atoms with Crippen LogP contribution in [0.3, 0.4) is 0 Å². The molecule has 2 aliphatic rings. The van der Waals surface area contributed by atoms with E-state index in [1.165, 1.54) is 0 Å². The second-order valence-electron chi connectivity index (χ2n) is 11.2. The van der Waals surface area contributed by atoms with E-state index in [9.17, 15) is 14.7 Å². The molecule has 9 nitrogen and oxygen atoms in total. The van der Waals surface area contributed by atoms with Crippen LogP contribution in [0.25, 0.3) is 0 Å². The highest BCUT2D eigenvalue weighted by molar-refractivity contribution is 5.97. The summed E-state index contributed by atoms with van der Waals surface area (Å²) >= 11 is 0. The number of piperazine rings is 1. The van der Waals surface area contributed by atoms with Gasteiger partial charge in [-0.15, -0.1) is 0 Å². The van der Waals surface area contributed by atoms with Crippen LogP contribution in [-0.4, -0.2) is 70.7 Å². The molecule has 3 heterocycles. The third kappa shape index (κ3) is 7.24. The smallest absolute Gasteiger partial charge is 0.251 e. The molecule has 1 N–H and O–H groups in total. The number of ketones is 1. The maximum atomic E-state index is 13.0. The summed E-state index contributed by atoms with van der Waals surface area (Å²) in [7, 11) is 0. The van der Waals surface area contributed by atoms with Crippen molar-refractivity contribution < 1.29 is 28.9 Å². The molecule has 1 atom stereocenters. The number of aryl methyl sites for hydroxylation is 1. The van der Waals surface area contributed by atoms with Crippen molar-refractivity contribution in [3.63, 3.8) is 0 Å². The molecule has 226 valence electrons. The number of rotatable bonds is 10. The van der Waals surface area contributed by atoms with E-state index in [1.54, 1.807) is 29.3 Å². The first-order chi connectivity index (χ1) is 21.4. The molecule has 3 aromatic carbocycles. The van der Waals surface area contributed by atoms with E-state index >= 15 is 0 Å². The Morgan fingerprint density at radius 2 is 1.57 bits per heavy atom. The lowest BCUT2D eigenvalue weighted by Gasteiger charge is -2.35. The highest BCUT2D eigenvalue weighted by Crippen LogP contribution is 2.33. The zero-order valence-electron chi connectivity index (χ0n) is 24.6. The molecule has 0 saturated carbocycles. The summed E-state index contributed by atoms with van der Waals surface area (Å²) in [4.78, 5) is 33.9. The van der Waals surface area contributed by atoms with Crippen LogP contribution in [0.2, 0.25) is 0 Å². The van der Waals surface area contributed by atoms with Gasteiger partial charge in [0.1, 0.15) is 11.9 Å². The average molecular weight is 594 g/mol. The van der Waals surface area contributed by atoms with Gasteiger partial charge in [0.15, 0.2) is 17.3 Å². The Bertz CT molecular complexity index is 1600. The van der Waals surface area contributed by atoms with Crippen LogP contribution in [-0.2, 0) is 24.2 Å². The maximum absolute atomic E-state index is 13.0. The predicted molar refractivity (Wildman–Crippen MR) is 164 cm³/mol. The molecular formula is C35H35N3O6. The van der Waals surface area contributed by atoms with Gasteiger partial charge in [0, 0.05) is 63.4 Å². The number of hydrogen-bond donors (Lipinski definition) is 1. The van der Waals surface area contributed by atoms with E-state index in [0.29, 0.717) is 30.3 Å². The summed E-state index contributed by atoms with van der Waals surface area (Å²) in [6.07, 6.45) is 1.02. The Balaban J connectivity index is 0.947. The fourth-order valence-electron chi connectivity index (χ4n) is 5.36. The number of aliphatic hydroxyl groups excluding tert-OH is 1. The zero-order valence-corrected chi connectivity index (χ0v) is 24.6. The number of pyridine rings is 1. The second kappa shape index (κ2) is 13.3. The van der Waals surface area contributed by atoms with E-state index in [4.69, 9.17) is 14.2 Å². The molecule has 2 aliphatic heterocycles. The molecule has 9 heteroatoms. The van der Waals surface area contributed by atoms with Crippen molar-refractivity contribution in [2.75, 3.05) is 33.0 Å². The van der Waals surface area contributed by atoms with Gasteiger partial charge in [0.05, 0.1) is 0 Å². The zero-order chi connectivity index (χ0) is 30.5. The first-order valence-electron chi connectivity index (χ1n) is 14.8. The van der Waals surface area contributed by atoms with Crippen molar-refractivity contribution >= 4 is 11.7 Å². The number of benzene rings is 3. The third-order valence-electron chi connectivity index (χ3n) is 7.92. The average Bonchev–Trinajstić information content (AvgIpc) is 3.51. The minimum absolute atomic E-state index is 0.0385. The molecule has 1 unspecified atom stereocenters. The molecule has 1 fully saturated rings. The van der Waals surface area contributed by atoms with Gasteiger partial charge in [-0.2, -0.15) is 0 Å². The quantitative estimate of drug-likeness (QED) is 0.267. The number of carbonyl (C=O) groups excluding carboxylic acids is 2. The summed E-state index contributed by atoms with van der Waals surface area (Å²) < 4.78 is 16.7. The Labute approximate surface area is 256 Å². The molecule has 1 aromatic heterocycles. The molecule has 44 heavy (non-hydrogen) atoms. The Morgan fingerprint density at radius 3 is 2.30 bits per heavy atom. The van der Waals surface area contributed by atoms with Crippen LogP contribution >= 0.6 is 0 Å². The van der Waals surface area contributed by atoms with E-state index < -0.39 is 6.10 Å². The normalized spacial score (nSPS) is 15.2. The van der Waals surface area contributed by atoms with Gasteiger partial charge in [-0.25, -0.2) is 4.98 Å². The van der Waals surface area contributed by atoms with Crippen LogP contribution in [0.5, 0.6) is 23.1 Å². The molecule has 0 aliphatic carbocycles. The summed E-state index contributed by atoms with van der Waals surface area (Å²) in [5.74, 6) is 2.33. The number of Topliss-reactive ketones (excluding diaryl/α,β-unsaturated/α-hetero) is 1. The Hall–Kier alpha value is -4.73. The minimum atomic E-state index is -1.11. The number of aliphatic hydroxyl groups is 1. The molecule has 1 amide bonds. The van der Waals surface area contributed by atoms with Gasteiger partial charge < -0.3 is 24.2 Å². The predicted octanol–water partition coefficient (Wildman–Crippen LogP) is 4.58. The maximum Gasteiger partial charge on any atom is 0.251 e. The number of aromatic nitrogens is 1. The fraction of sp³-hybridized carbons (Fsp3) is 0.286. The summed E-state index contributed by atoms with van der Waals surface area (Å²) in [5.41, 5.74) is 4.57. The molecule has 4 aromatic rings. The van der Waals surface area contributed by atoms with Gasteiger partial charge in [0.2, 0.25) is 12.7 Å². The van der Waals surface area contributed by atoms with Crippen molar-refractivity contribution in [1.29, 1.82) is 0 Å².